The van der Waals surface area contributed by atoms with Gasteiger partial charge in [-0.1, -0.05) is 18.2 Å². The number of hydrogen-bond acceptors (Lipinski definition) is 4. The summed E-state index contributed by atoms with van der Waals surface area (Å²) in [6.07, 6.45) is 5.77. The van der Waals surface area contributed by atoms with Crippen LogP contribution in [0, 0.1) is 0 Å². The van der Waals surface area contributed by atoms with Crippen molar-refractivity contribution in [3.05, 3.63) is 47.8 Å². The Balaban J connectivity index is 1.24. The van der Waals surface area contributed by atoms with E-state index in [-0.39, 0.29) is 11.8 Å². The summed E-state index contributed by atoms with van der Waals surface area (Å²) in [5.41, 5.74) is 2.59. The molecular weight excluding hydrogens is 390 g/mol. The van der Waals surface area contributed by atoms with Crippen LogP contribution in [0.25, 0.3) is 5.69 Å². The van der Waals surface area contributed by atoms with E-state index in [1.165, 1.54) is 6.42 Å². The number of amides is 2. The van der Waals surface area contributed by atoms with Gasteiger partial charge >= 0.3 is 0 Å². The lowest BCUT2D eigenvalue weighted by Gasteiger charge is -2.36. The average molecular weight is 422 g/mol. The van der Waals surface area contributed by atoms with Crippen molar-refractivity contribution in [2.75, 3.05) is 45.8 Å². The molecule has 3 heterocycles. The predicted octanol–water partition coefficient (Wildman–Crippen LogP) is 2.52. The molecule has 5 rings (SSSR count). The van der Waals surface area contributed by atoms with Crippen molar-refractivity contribution in [1.29, 1.82) is 0 Å². The third kappa shape index (κ3) is 4.51. The second-order valence-corrected chi connectivity index (χ2v) is 8.99. The molecule has 2 aliphatic heterocycles. The van der Waals surface area contributed by atoms with Gasteiger partial charge in [0, 0.05) is 45.2 Å². The van der Waals surface area contributed by atoms with E-state index in [4.69, 9.17) is 5.10 Å². The quantitative estimate of drug-likeness (QED) is 0.744. The zero-order valence-corrected chi connectivity index (χ0v) is 18.1. The van der Waals surface area contributed by atoms with Gasteiger partial charge in [-0.3, -0.25) is 14.5 Å². The van der Waals surface area contributed by atoms with E-state index >= 15 is 0 Å². The highest BCUT2D eigenvalue weighted by Gasteiger charge is 2.31. The lowest BCUT2D eigenvalue weighted by atomic mass is 10.1. The van der Waals surface area contributed by atoms with Crippen molar-refractivity contribution in [2.24, 2.45) is 0 Å². The number of piperidine rings is 1. The summed E-state index contributed by atoms with van der Waals surface area (Å²) in [6.45, 7) is 5.01. The van der Waals surface area contributed by atoms with E-state index in [0.29, 0.717) is 31.2 Å². The first-order valence-corrected chi connectivity index (χ1v) is 11.6. The summed E-state index contributed by atoms with van der Waals surface area (Å²) in [7, 11) is 0. The molecule has 7 nitrogen and oxygen atoms in total. The number of rotatable bonds is 5. The van der Waals surface area contributed by atoms with Gasteiger partial charge in [-0.05, 0) is 50.3 Å². The van der Waals surface area contributed by atoms with Gasteiger partial charge in [-0.2, -0.15) is 5.10 Å². The number of carbonyl (C=O) groups excluding carboxylic acids is 2. The summed E-state index contributed by atoms with van der Waals surface area (Å²) < 4.78 is 1.81. The van der Waals surface area contributed by atoms with Gasteiger partial charge in [-0.15, -0.1) is 0 Å². The van der Waals surface area contributed by atoms with Crippen LogP contribution in [-0.2, 0) is 4.79 Å². The summed E-state index contributed by atoms with van der Waals surface area (Å²) in [5.74, 6) is 0.759. The van der Waals surface area contributed by atoms with Crippen LogP contribution in [-0.4, -0.2) is 82.1 Å². The summed E-state index contributed by atoms with van der Waals surface area (Å²) in [6, 6.07) is 11.9. The Kier molecular flexibility index (Phi) is 5.76. The number of para-hydroxylation sites is 1. The molecule has 0 spiro atoms. The number of carbonyl (C=O) groups is 2. The van der Waals surface area contributed by atoms with Crippen LogP contribution in [0.3, 0.4) is 0 Å². The first kappa shape index (κ1) is 20.2. The number of hydrogen-bond donors (Lipinski definition) is 0. The molecular formula is C24H31N5O2. The highest BCUT2D eigenvalue weighted by Crippen LogP contribution is 2.39. The monoisotopic (exact) mass is 421 g/mol. The maximum atomic E-state index is 13.4. The highest BCUT2D eigenvalue weighted by atomic mass is 16.2. The Hall–Kier alpha value is -2.67. The maximum absolute atomic E-state index is 13.4. The molecule has 1 aromatic carbocycles. The fourth-order valence-electron chi connectivity index (χ4n) is 4.60. The topological polar surface area (TPSA) is 61.7 Å². The molecule has 164 valence electrons. The van der Waals surface area contributed by atoms with Crippen LogP contribution >= 0.6 is 0 Å². The minimum Gasteiger partial charge on any atom is -0.342 e. The number of likely N-dealkylation sites (tertiary alicyclic amines) is 1. The molecule has 31 heavy (non-hydrogen) atoms. The molecule has 1 saturated carbocycles. The van der Waals surface area contributed by atoms with Crippen LogP contribution in [0.15, 0.2) is 36.4 Å². The number of nitrogens with zero attached hydrogens (tertiary/aromatic N) is 5. The smallest absolute Gasteiger partial charge is 0.272 e. The molecule has 0 radical (unpaired) electrons. The molecule has 0 bridgehead atoms. The molecule has 2 aromatic rings. The fourth-order valence-corrected chi connectivity index (χ4v) is 4.60. The maximum Gasteiger partial charge on any atom is 0.272 e. The van der Waals surface area contributed by atoms with Crippen molar-refractivity contribution in [1.82, 2.24) is 24.5 Å². The zero-order chi connectivity index (χ0) is 21.2. The van der Waals surface area contributed by atoms with Crippen molar-refractivity contribution in [3.8, 4) is 5.69 Å². The van der Waals surface area contributed by atoms with Crippen molar-refractivity contribution in [3.63, 3.8) is 0 Å². The van der Waals surface area contributed by atoms with Crippen molar-refractivity contribution >= 4 is 11.8 Å². The predicted molar refractivity (Wildman–Crippen MR) is 118 cm³/mol. The lowest BCUT2D eigenvalue weighted by molar-refractivity contribution is -0.133. The molecule has 7 heteroatoms. The van der Waals surface area contributed by atoms with Gasteiger partial charge in [0.05, 0.1) is 17.9 Å². The van der Waals surface area contributed by atoms with E-state index < -0.39 is 0 Å². The highest BCUT2D eigenvalue weighted by molar-refractivity contribution is 5.93. The summed E-state index contributed by atoms with van der Waals surface area (Å²) in [5, 5.41) is 4.77. The molecule has 0 unspecified atom stereocenters. The molecule has 1 aliphatic carbocycles. The summed E-state index contributed by atoms with van der Waals surface area (Å²) in [4.78, 5) is 32.1. The van der Waals surface area contributed by atoms with Crippen molar-refractivity contribution in [2.45, 2.75) is 38.0 Å². The second kappa shape index (κ2) is 8.83. The van der Waals surface area contributed by atoms with Crippen LogP contribution in [0.2, 0.25) is 0 Å². The number of benzene rings is 1. The van der Waals surface area contributed by atoms with Gasteiger partial charge < -0.3 is 9.80 Å². The standard InChI is InChI=1S/C24H31N5O2/c30-23(27-11-5-2-6-12-27)18-26-13-15-28(16-14-26)24(31)22-17-21(19-9-10-19)25-29(22)20-7-3-1-4-8-20/h1,3-4,7-8,17,19H,2,5-6,9-16,18H2. The molecule has 0 atom stereocenters. The normalized spacial score (nSPS) is 20.1. The molecule has 2 saturated heterocycles. The minimum atomic E-state index is 0.0326. The first-order chi connectivity index (χ1) is 15.2. The Morgan fingerprint density at radius 1 is 0.871 bits per heavy atom. The number of aromatic nitrogens is 2. The molecule has 0 N–H and O–H groups in total. The van der Waals surface area contributed by atoms with E-state index in [9.17, 15) is 9.59 Å². The van der Waals surface area contributed by atoms with Gasteiger partial charge in [0.25, 0.3) is 5.91 Å². The third-order valence-electron chi connectivity index (χ3n) is 6.67. The second-order valence-electron chi connectivity index (χ2n) is 8.99. The van der Waals surface area contributed by atoms with E-state index in [2.05, 4.69) is 4.90 Å². The Labute approximate surface area is 183 Å². The molecule has 3 aliphatic rings. The largest absolute Gasteiger partial charge is 0.342 e. The first-order valence-electron chi connectivity index (χ1n) is 11.6. The van der Waals surface area contributed by atoms with Crippen LogP contribution < -0.4 is 0 Å². The van der Waals surface area contributed by atoms with Crippen LogP contribution in [0.1, 0.15) is 54.2 Å². The van der Waals surface area contributed by atoms with E-state index in [0.717, 1.165) is 63.2 Å². The Morgan fingerprint density at radius 3 is 2.26 bits per heavy atom. The van der Waals surface area contributed by atoms with Gasteiger partial charge in [0.2, 0.25) is 5.91 Å². The van der Waals surface area contributed by atoms with Gasteiger partial charge in [0.15, 0.2) is 0 Å². The fraction of sp³-hybridized carbons (Fsp3) is 0.542. The minimum absolute atomic E-state index is 0.0326. The molecule has 2 amide bonds. The van der Waals surface area contributed by atoms with E-state index in [1.54, 1.807) is 0 Å². The molecule has 1 aromatic heterocycles. The SMILES string of the molecule is O=C(CN1CCN(C(=O)c2cc(C3CC3)nn2-c2ccccc2)CC1)N1CCCCC1. The van der Waals surface area contributed by atoms with Crippen LogP contribution in [0.4, 0.5) is 0 Å². The average Bonchev–Trinajstić information content (AvgIpc) is 3.58. The number of piperazine rings is 1. The summed E-state index contributed by atoms with van der Waals surface area (Å²) >= 11 is 0. The van der Waals surface area contributed by atoms with Gasteiger partial charge in [-0.25, -0.2) is 4.68 Å². The lowest BCUT2D eigenvalue weighted by Crippen LogP contribution is -2.52. The Morgan fingerprint density at radius 2 is 1.58 bits per heavy atom. The Bertz CT molecular complexity index is 923. The molecule has 3 fully saturated rings. The van der Waals surface area contributed by atoms with Gasteiger partial charge in [0.1, 0.15) is 5.69 Å². The zero-order valence-electron chi connectivity index (χ0n) is 18.1. The van der Waals surface area contributed by atoms with Crippen LogP contribution in [0.5, 0.6) is 0 Å². The third-order valence-corrected chi connectivity index (χ3v) is 6.67. The van der Waals surface area contributed by atoms with E-state index in [1.807, 2.05) is 50.9 Å². The van der Waals surface area contributed by atoms with Crippen molar-refractivity contribution < 1.29 is 9.59 Å².